The van der Waals surface area contributed by atoms with E-state index < -0.39 is 16.0 Å². The predicted molar refractivity (Wildman–Crippen MR) is 109 cm³/mol. The molecule has 0 saturated heterocycles. The molecule has 7 nitrogen and oxygen atoms in total. The van der Waals surface area contributed by atoms with Crippen LogP contribution in [0.1, 0.15) is 36.2 Å². The van der Waals surface area contributed by atoms with Crippen molar-refractivity contribution >= 4 is 21.7 Å². The van der Waals surface area contributed by atoms with Crippen molar-refractivity contribution < 1.29 is 23.1 Å². The molecule has 0 aromatic heterocycles. The average molecular weight is 407 g/mol. The smallest absolute Gasteiger partial charge is 0.335 e. The summed E-state index contributed by atoms with van der Waals surface area (Å²) in [6.07, 6.45) is 1.29. The van der Waals surface area contributed by atoms with E-state index >= 15 is 0 Å². The number of rotatable bonds is 10. The van der Waals surface area contributed by atoms with Gasteiger partial charge in [-0.05, 0) is 55.7 Å². The van der Waals surface area contributed by atoms with Crippen LogP contribution in [-0.4, -0.2) is 39.2 Å². The number of nitrogens with one attached hydrogen (secondary N) is 2. The second-order valence-corrected chi connectivity index (χ2v) is 8.20. The number of methoxy groups -OCH3 is 1. The number of benzene rings is 2. The van der Waals surface area contributed by atoms with Crippen molar-refractivity contribution in [1.29, 1.82) is 0 Å². The topological polar surface area (TPSA) is 105 Å². The van der Waals surface area contributed by atoms with E-state index in [4.69, 9.17) is 4.74 Å². The molecule has 1 atom stereocenters. The third-order valence-corrected chi connectivity index (χ3v) is 5.90. The zero-order chi connectivity index (χ0) is 20.7. The van der Waals surface area contributed by atoms with Gasteiger partial charge in [0.2, 0.25) is 10.0 Å². The molecule has 2 aromatic carbocycles. The Bertz CT molecular complexity index is 911. The molecular formula is C20H26N2O5S. The van der Waals surface area contributed by atoms with Gasteiger partial charge in [0.05, 0.1) is 18.4 Å². The second kappa shape index (κ2) is 9.57. The molecule has 0 saturated carbocycles. The van der Waals surface area contributed by atoms with Crippen molar-refractivity contribution in [3.05, 3.63) is 53.6 Å². The normalized spacial score (nSPS) is 12.4. The van der Waals surface area contributed by atoms with Gasteiger partial charge in [0.1, 0.15) is 10.6 Å². The van der Waals surface area contributed by atoms with E-state index in [1.807, 2.05) is 38.1 Å². The maximum Gasteiger partial charge on any atom is 0.335 e. The SMILES string of the molecule is CC[C@@H](C)Nc1ccc(C(=O)O)cc1S(=O)(=O)NCCc1ccc(OC)cc1. The molecule has 0 heterocycles. The number of hydrogen-bond donors (Lipinski definition) is 3. The minimum atomic E-state index is -3.88. The van der Waals surface area contributed by atoms with Crippen LogP contribution in [0, 0.1) is 0 Å². The molecule has 3 N–H and O–H groups in total. The number of anilines is 1. The number of sulfonamides is 1. The first-order valence-electron chi connectivity index (χ1n) is 9.03. The van der Waals surface area contributed by atoms with Crippen molar-refractivity contribution in [2.24, 2.45) is 0 Å². The van der Waals surface area contributed by atoms with Gasteiger partial charge >= 0.3 is 5.97 Å². The van der Waals surface area contributed by atoms with Crippen molar-refractivity contribution in [2.45, 2.75) is 37.6 Å². The van der Waals surface area contributed by atoms with Gasteiger partial charge in [-0.3, -0.25) is 0 Å². The summed E-state index contributed by atoms with van der Waals surface area (Å²) >= 11 is 0. The summed E-state index contributed by atoms with van der Waals surface area (Å²) in [5.41, 5.74) is 1.27. The van der Waals surface area contributed by atoms with E-state index in [-0.39, 0.29) is 23.0 Å². The minimum absolute atomic E-state index is 0.0453. The Morgan fingerprint density at radius 1 is 1.18 bits per heavy atom. The molecule has 0 aliphatic carbocycles. The molecule has 2 rings (SSSR count). The number of carbonyl (C=O) groups is 1. The third kappa shape index (κ3) is 5.71. The van der Waals surface area contributed by atoms with Crippen LogP contribution < -0.4 is 14.8 Å². The van der Waals surface area contributed by atoms with E-state index in [0.717, 1.165) is 17.7 Å². The molecule has 0 fully saturated rings. The molecule has 0 aliphatic heterocycles. The Balaban J connectivity index is 2.19. The van der Waals surface area contributed by atoms with Gasteiger partial charge in [-0.15, -0.1) is 0 Å². The zero-order valence-corrected chi connectivity index (χ0v) is 17.0. The van der Waals surface area contributed by atoms with Gasteiger partial charge in [0.25, 0.3) is 0 Å². The Hall–Kier alpha value is -2.58. The van der Waals surface area contributed by atoms with E-state index in [9.17, 15) is 18.3 Å². The Labute approximate surface area is 165 Å². The van der Waals surface area contributed by atoms with Crippen LogP contribution in [0.4, 0.5) is 5.69 Å². The fourth-order valence-electron chi connectivity index (χ4n) is 2.56. The van der Waals surface area contributed by atoms with Gasteiger partial charge in [-0.25, -0.2) is 17.9 Å². The average Bonchev–Trinajstić information content (AvgIpc) is 2.68. The predicted octanol–water partition coefficient (Wildman–Crippen LogP) is 3.12. The van der Waals surface area contributed by atoms with Crippen LogP contribution in [0.15, 0.2) is 47.4 Å². The van der Waals surface area contributed by atoms with Crippen LogP contribution in [-0.2, 0) is 16.4 Å². The fraction of sp³-hybridized carbons (Fsp3) is 0.350. The summed E-state index contributed by atoms with van der Waals surface area (Å²) in [5.74, 6) is -0.444. The number of hydrogen-bond acceptors (Lipinski definition) is 5. The van der Waals surface area contributed by atoms with Crippen LogP contribution in [0.5, 0.6) is 5.75 Å². The first-order chi connectivity index (χ1) is 13.3. The van der Waals surface area contributed by atoms with Gasteiger partial charge < -0.3 is 15.2 Å². The van der Waals surface area contributed by atoms with Crippen molar-refractivity contribution in [3.63, 3.8) is 0 Å². The minimum Gasteiger partial charge on any atom is -0.497 e. The molecule has 0 spiro atoms. The lowest BCUT2D eigenvalue weighted by atomic mass is 10.1. The molecule has 2 aromatic rings. The monoisotopic (exact) mass is 406 g/mol. The van der Waals surface area contributed by atoms with Crippen LogP contribution in [0.2, 0.25) is 0 Å². The van der Waals surface area contributed by atoms with E-state index in [1.165, 1.54) is 18.2 Å². The lowest BCUT2D eigenvalue weighted by Crippen LogP contribution is -2.28. The highest BCUT2D eigenvalue weighted by atomic mass is 32.2. The summed E-state index contributed by atoms with van der Waals surface area (Å²) < 4.78 is 33.3. The second-order valence-electron chi connectivity index (χ2n) is 6.47. The molecule has 152 valence electrons. The van der Waals surface area contributed by atoms with Gasteiger partial charge in [-0.2, -0.15) is 0 Å². The van der Waals surface area contributed by atoms with E-state index in [1.54, 1.807) is 7.11 Å². The molecule has 8 heteroatoms. The standard InChI is InChI=1S/C20H26N2O5S/c1-4-14(2)22-18-10-7-16(20(23)24)13-19(18)28(25,26)21-12-11-15-5-8-17(27-3)9-6-15/h5-10,13-14,21-22H,4,11-12H2,1-3H3,(H,23,24)/t14-/m1/s1. The highest BCUT2D eigenvalue weighted by Gasteiger charge is 2.21. The van der Waals surface area contributed by atoms with Crippen LogP contribution in [0.25, 0.3) is 0 Å². The summed E-state index contributed by atoms with van der Waals surface area (Å²) in [6.45, 7) is 4.10. The third-order valence-electron chi connectivity index (χ3n) is 4.40. The maximum atomic E-state index is 12.8. The maximum absolute atomic E-state index is 12.8. The van der Waals surface area contributed by atoms with Crippen molar-refractivity contribution in [1.82, 2.24) is 4.72 Å². The van der Waals surface area contributed by atoms with Crippen LogP contribution >= 0.6 is 0 Å². The Morgan fingerprint density at radius 3 is 2.43 bits per heavy atom. The van der Waals surface area contributed by atoms with Gasteiger partial charge in [0.15, 0.2) is 0 Å². The summed E-state index contributed by atoms with van der Waals surface area (Å²) in [6, 6.07) is 11.5. The molecule has 0 amide bonds. The molecule has 0 unspecified atom stereocenters. The highest BCUT2D eigenvalue weighted by Crippen LogP contribution is 2.24. The van der Waals surface area contributed by atoms with Crippen molar-refractivity contribution in [3.8, 4) is 5.75 Å². The van der Waals surface area contributed by atoms with Gasteiger partial charge in [0, 0.05) is 12.6 Å². The quantitative estimate of drug-likeness (QED) is 0.560. The lowest BCUT2D eigenvalue weighted by molar-refractivity contribution is 0.0696. The highest BCUT2D eigenvalue weighted by molar-refractivity contribution is 7.89. The van der Waals surface area contributed by atoms with E-state index in [0.29, 0.717) is 12.1 Å². The molecule has 28 heavy (non-hydrogen) atoms. The van der Waals surface area contributed by atoms with Crippen molar-refractivity contribution in [2.75, 3.05) is 19.0 Å². The Morgan fingerprint density at radius 2 is 1.86 bits per heavy atom. The first-order valence-corrected chi connectivity index (χ1v) is 10.5. The summed E-state index contributed by atoms with van der Waals surface area (Å²) in [7, 11) is -2.30. The van der Waals surface area contributed by atoms with Gasteiger partial charge in [-0.1, -0.05) is 19.1 Å². The molecule has 0 bridgehead atoms. The zero-order valence-electron chi connectivity index (χ0n) is 16.2. The molecular weight excluding hydrogens is 380 g/mol. The molecule has 0 radical (unpaired) electrons. The summed E-state index contributed by atoms with van der Waals surface area (Å²) in [5, 5.41) is 12.3. The number of carboxylic acid groups (broad SMARTS) is 1. The lowest BCUT2D eigenvalue weighted by Gasteiger charge is -2.18. The fourth-order valence-corrected chi connectivity index (χ4v) is 3.79. The Kier molecular flexibility index (Phi) is 7.42. The molecule has 0 aliphatic rings. The van der Waals surface area contributed by atoms with E-state index in [2.05, 4.69) is 10.0 Å². The first kappa shape index (κ1) is 21.7. The number of ether oxygens (including phenoxy) is 1. The number of carboxylic acids is 1. The number of aromatic carboxylic acids is 1. The van der Waals surface area contributed by atoms with Crippen LogP contribution in [0.3, 0.4) is 0 Å². The largest absolute Gasteiger partial charge is 0.497 e. The summed E-state index contributed by atoms with van der Waals surface area (Å²) in [4.78, 5) is 11.2.